The van der Waals surface area contributed by atoms with Crippen molar-refractivity contribution in [3.8, 4) is 0 Å². The molecule has 0 fully saturated rings. The third-order valence-electron chi connectivity index (χ3n) is 5.17. The van der Waals surface area contributed by atoms with Gasteiger partial charge in [-0.15, -0.1) is 0 Å². The van der Waals surface area contributed by atoms with Gasteiger partial charge in [0.2, 0.25) is 0 Å². The van der Waals surface area contributed by atoms with Crippen LogP contribution in [0.25, 0.3) is 0 Å². The highest BCUT2D eigenvalue weighted by molar-refractivity contribution is 5.86. The molecule has 2 amide bonds. The van der Waals surface area contributed by atoms with Crippen LogP contribution in [0.5, 0.6) is 0 Å². The molecule has 0 bridgehead atoms. The lowest BCUT2D eigenvalue weighted by Gasteiger charge is -2.22. The van der Waals surface area contributed by atoms with Crippen molar-refractivity contribution in [1.82, 2.24) is 5.32 Å². The van der Waals surface area contributed by atoms with Gasteiger partial charge >= 0.3 is 24.1 Å². The average Bonchev–Trinajstić information content (AvgIpc) is 2.82. The van der Waals surface area contributed by atoms with Gasteiger partial charge in [0.25, 0.3) is 0 Å². The summed E-state index contributed by atoms with van der Waals surface area (Å²) in [6.45, 7) is 8.19. The maximum atomic E-state index is 12.5. The fourth-order valence-electron chi connectivity index (χ4n) is 3.39. The molecule has 0 saturated heterocycles. The Morgan fingerprint density at radius 3 is 2.19 bits per heavy atom. The van der Waals surface area contributed by atoms with Gasteiger partial charge in [0.15, 0.2) is 0 Å². The van der Waals surface area contributed by atoms with Crippen LogP contribution < -0.4 is 10.6 Å². The lowest BCUT2D eigenvalue weighted by atomic mass is 9.95. The van der Waals surface area contributed by atoms with Crippen LogP contribution in [0.15, 0.2) is 42.5 Å². The molecule has 0 spiro atoms. The van der Waals surface area contributed by atoms with Crippen LogP contribution in [-0.2, 0) is 48.2 Å². The van der Waals surface area contributed by atoms with E-state index < -0.39 is 35.8 Å². The molecule has 2 N–H and O–H groups in total. The second-order valence-corrected chi connectivity index (χ2v) is 9.27. The summed E-state index contributed by atoms with van der Waals surface area (Å²) in [5.74, 6) is -1.17. The van der Waals surface area contributed by atoms with Crippen LogP contribution >= 0.6 is 0 Å². The third kappa shape index (κ3) is 9.83. The minimum absolute atomic E-state index is 0.0251. The Labute approximate surface area is 216 Å². The SMILES string of the molecule is COC(=O)[C@@H](Cc1ccc(NC(=O)OC(C)(C)C)c(C)c1COC(C)=O)NC(=O)OCc1ccccc1. The molecule has 0 heterocycles. The summed E-state index contributed by atoms with van der Waals surface area (Å²) in [6.07, 6.45) is -1.41. The van der Waals surface area contributed by atoms with Crippen molar-refractivity contribution in [1.29, 1.82) is 0 Å². The fourth-order valence-corrected chi connectivity index (χ4v) is 3.39. The first-order valence-corrected chi connectivity index (χ1v) is 11.7. The van der Waals surface area contributed by atoms with Gasteiger partial charge in [0, 0.05) is 19.0 Å². The molecule has 37 heavy (non-hydrogen) atoms. The number of hydrogen-bond donors (Lipinski definition) is 2. The number of methoxy groups -OCH3 is 1. The number of alkyl carbamates (subject to hydrolysis) is 1. The number of hydrogen-bond acceptors (Lipinski definition) is 8. The minimum atomic E-state index is -1.08. The predicted molar refractivity (Wildman–Crippen MR) is 136 cm³/mol. The van der Waals surface area contributed by atoms with E-state index in [1.807, 2.05) is 30.3 Å². The zero-order valence-corrected chi connectivity index (χ0v) is 22.0. The third-order valence-corrected chi connectivity index (χ3v) is 5.17. The Balaban J connectivity index is 2.25. The number of benzene rings is 2. The van der Waals surface area contributed by atoms with Gasteiger partial charge in [-0.1, -0.05) is 36.4 Å². The highest BCUT2D eigenvalue weighted by atomic mass is 16.6. The van der Waals surface area contributed by atoms with Crippen LogP contribution in [0.1, 0.15) is 49.9 Å². The second-order valence-electron chi connectivity index (χ2n) is 9.27. The Bertz CT molecular complexity index is 1110. The van der Waals surface area contributed by atoms with Gasteiger partial charge in [-0.05, 0) is 56.0 Å². The van der Waals surface area contributed by atoms with Gasteiger partial charge in [-0.2, -0.15) is 0 Å². The van der Waals surface area contributed by atoms with E-state index >= 15 is 0 Å². The number of anilines is 1. The van der Waals surface area contributed by atoms with E-state index in [1.54, 1.807) is 39.8 Å². The molecule has 0 aliphatic rings. The van der Waals surface area contributed by atoms with Crippen molar-refractivity contribution < 1.29 is 38.1 Å². The standard InChI is InChI=1S/C27H34N2O8/c1-17-21(16-35-18(2)30)20(12-13-22(17)28-26(33)37-27(3,4)5)14-23(24(31)34-6)29-25(32)36-15-19-10-8-7-9-11-19/h7-13,23H,14-16H2,1-6H3,(H,28,33)(H,29,32)/t23-/m1/s1. The van der Waals surface area contributed by atoms with Gasteiger partial charge in [-0.25, -0.2) is 14.4 Å². The summed E-state index contributed by atoms with van der Waals surface area (Å²) in [4.78, 5) is 48.7. The molecule has 0 radical (unpaired) electrons. The van der Waals surface area contributed by atoms with E-state index in [-0.39, 0.29) is 19.6 Å². The minimum Gasteiger partial charge on any atom is -0.467 e. The molecule has 0 aromatic heterocycles. The van der Waals surface area contributed by atoms with Gasteiger partial charge < -0.3 is 24.3 Å². The molecule has 10 heteroatoms. The Hall–Kier alpha value is -4.08. The molecule has 0 aliphatic carbocycles. The number of esters is 2. The lowest BCUT2D eigenvalue weighted by Crippen LogP contribution is -2.43. The van der Waals surface area contributed by atoms with Crippen molar-refractivity contribution in [3.63, 3.8) is 0 Å². The monoisotopic (exact) mass is 514 g/mol. The number of carbonyl (C=O) groups is 4. The van der Waals surface area contributed by atoms with E-state index in [0.717, 1.165) is 5.56 Å². The Kier molecular flexibility index (Phi) is 10.5. The summed E-state index contributed by atoms with van der Waals surface area (Å²) in [7, 11) is 1.21. The molecular weight excluding hydrogens is 480 g/mol. The largest absolute Gasteiger partial charge is 0.467 e. The summed E-state index contributed by atoms with van der Waals surface area (Å²) < 4.78 is 20.6. The van der Waals surface area contributed by atoms with Crippen molar-refractivity contribution in [2.45, 2.75) is 65.9 Å². The fraction of sp³-hybridized carbons (Fsp3) is 0.407. The Morgan fingerprint density at radius 2 is 1.59 bits per heavy atom. The van der Waals surface area contributed by atoms with Crippen molar-refractivity contribution in [2.24, 2.45) is 0 Å². The number of nitrogens with one attached hydrogen (secondary N) is 2. The molecule has 0 saturated carbocycles. The summed E-state index contributed by atoms with van der Waals surface area (Å²) in [5, 5.41) is 5.23. The molecule has 2 aromatic carbocycles. The van der Waals surface area contributed by atoms with Crippen molar-refractivity contribution in [2.75, 3.05) is 12.4 Å². The van der Waals surface area contributed by atoms with Crippen molar-refractivity contribution >= 4 is 29.8 Å². The topological polar surface area (TPSA) is 129 Å². The zero-order valence-electron chi connectivity index (χ0n) is 22.0. The highest BCUT2D eigenvalue weighted by Gasteiger charge is 2.26. The summed E-state index contributed by atoms with van der Waals surface area (Å²) in [6, 6.07) is 11.3. The summed E-state index contributed by atoms with van der Waals surface area (Å²) in [5.41, 5.74) is 2.33. The molecule has 2 aromatic rings. The predicted octanol–water partition coefficient (Wildman–Crippen LogP) is 4.42. The first kappa shape index (κ1) is 29.2. The average molecular weight is 515 g/mol. The van der Waals surface area contributed by atoms with Gasteiger partial charge in [0.1, 0.15) is 24.9 Å². The number of carbonyl (C=O) groups excluding carboxylic acids is 4. The number of amides is 2. The molecule has 0 unspecified atom stereocenters. The van der Waals surface area contributed by atoms with Crippen LogP contribution in [0.3, 0.4) is 0 Å². The molecule has 2 rings (SSSR count). The molecule has 0 aliphatic heterocycles. The lowest BCUT2D eigenvalue weighted by molar-refractivity contribution is -0.143. The second kappa shape index (κ2) is 13.3. The molecule has 1 atom stereocenters. The maximum Gasteiger partial charge on any atom is 0.412 e. The molecule has 10 nitrogen and oxygen atoms in total. The van der Waals surface area contributed by atoms with E-state index in [1.165, 1.54) is 14.0 Å². The zero-order chi connectivity index (χ0) is 27.6. The van der Waals surface area contributed by atoms with Crippen LogP contribution in [0.4, 0.5) is 15.3 Å². The summed E-state index contributed by atoms with van der Waals surface area (Å²) >= 11 is 0. The van der Waals surface area contributed by atoms with Crippen LogP contribution in [0, 0.1) is 6.92 Å². The molecule has 200 valence electrons. The molecular formula is C27H34N2O8. The number of ether oxygens (including phenoxy) is 4. The van der Waals surface area contributed by atoms with Gasteiger partial charge in [-0.3, -0.25) is 10.1 Å². The smallest absolute Gasteiger partial charge is 0.412 e. The van der Waals surface area contributed by atoms with Crippen LogP contribution in [-0.4, -0.2) is 42.9 Å². The van der Waals surface area contributed by atoms with E-state index in [9.17, 15) is 19.2 Å². The normalized spacial score (nSPS) is 11.6. The van der Waals surface area contributed by atoms with E-state index in [4.69, 9.17) is 18.9 Å². The van der Waals surface area contributed by atoms with Crippen LogP contribution in [0.2, 0.25) is 0 Å². The van der Waals surface area contributed by atoms with Gasteiger partial charge in [0.05, 0.1) is 7.11 Å². The first-order chi connectivity index (χ1) is 17.4. The quantitative estimate of drug-likeness (QED) is 0.372. The highest BCUT2D eigenvalue weighted by Crippen LogP contribution is 2.26. The maximum absolute atomic E-state index is 12.5. The number of rotatable bonds is 9. The Morgan fingerprint density at radius 1 is 0.919 bits per heavy atom. The van der Waals surface area contributed by atoms with E-state index in [2.05, 4.69) is 10.6 Å². The first-order valence-electron chi connectivity index (χ1n) is 11.7. The van der Waals surface area contributed by atoms with Crippen molar-refractivity contribution in [3.05, 3.63) is 64.7 Å². The van der Waals surface area contributed by atoms with E-state index in [0.29, 0.717) is 22.4 Å².